The van der Waals surface area contributed by atoms with Gasteiger partial charge in [-0.15, -0.1) is 0 Å². The molecule has 0 aliphatic rings. The fourth-order valence-corrected chi connectivity index (χ4v) is 3.06. The van der Waals surface area contributed by atoms with Gasteiger partial charge in [-0.1, -0.05) is 12.1 Å². The van der Waals surface area contributed by atoms with E-state index in [4.69, 9.17) is 5.73 Å². The van der Waals surface area contributed by atoms with Gasteiger partial charge in [0.05, 0.1) is 13.0 Å². The van der Waals surface area contributed by atoms with Crippen molar-refractivity contribution in [1.29, 1.82) is 0 Å². The second-order valence-electron chi connectivity index (χ2n) is 6.92. The summed E-state index contributed by atoms with van der Waals surface area (Å²) in [6.45, 7) is 2.59. The minimum absolute atomic E-state index is 0.0760. The summed E-state index contributed by atoms with van der Waals surface area (Å²) < 4.78 is 14.9. The van der Waals surface area contributed by atoms with Crippen LogP contribution in [0.25, 0.3) is 0 Å². The highest BCUT2D eigenvalue weighted by molar-refractivity contribution is 5.78. The van der Waals surface area contributed by atoms with Crippen LogP contribution >= 0.6 is 0 Å². The molecule has 8 heteroatoms. The van der Waals surface area contributed by atoms with Crippen molar-refractivity contribution < 1.29 is 9.18 Å². The number of carbonyl (C=O) groups excluding carboxylic acids is 1. The van der Waals surface area contributed by atoms with Gasteiger partial charge in [-0.25, -0.2) is 9.07 Å². The predicted octanol–water partition coefficient (Wildman–Crippen LogP) is 1.75. The van der Waals surface area contributed by atoms with Gasteiger partial charge in [0.25, 0.3) is 5.56 Å². The number of benzene rings is 1. The van der Waals surface area contributed by atoms with E-state index >= 15 is 0 Å². The first-order chi connectivity index (χ1) is 14.5. The maximum Gasteiger partial charge on any atom is 0.272 e. The van der Waals surface area contributed by atoms with E-state index < -0.39 is 5.82 Å². The lowest BCUT2D eigenvalue weighted by Crippen LogP contribution is -2.34. The Labute approximate surface area is 173 Å². The molecule has 0 unspecified atom stereocenters. The Balaban J connectivity index is 1.67. The third-order valence-electron chi connectivity index (χ3n) is 4.80. The molecule has 3 aromatic rings. The molecule has 0 fully saturated rings. The highest BCUT2D eigenvalue weighted by Crippen LogP contribution is 2.11. The van der Waals surface area contributed by atoms with E-state index in [1.165, 1.54) is 16.8 Å². The number of amides is 1. The smallest absolute Gasteiger partial charge is 0.272 e. The number of carbonyl (C=O) groups is 1. The lowest BCUT2D eigenvalue weighted by molar-refractivity contribution is -0.120. The predicted molar refractivity (Wildman–Crippen MR) is 113 cm³/mol. The molecule has 3 rings (SSSR count). The van der Waals surface area contributed by atoms with Crippen LogP contribution in [0.5, 0.6) is 0 Å². The SMILES string of the molecule is Cc1ccn(NCc2cccnc2)c(=O)c1CC(=O)NCc1cc(F)ccc1CN. The number of hydrogen-bond donors (Lipinski definition) is 3. The van der Waals surface area contributed by atoms with Crippen LogP contribution in [0.15, 0.2) is 59.8 Å². The summed E-state index contributed by atoms with van der Waals surface area (Å²) in [7, 11) is 0. The van der Waals surface area contributed by atoms with E-state index in [0.717, 1.165) is 16.7 Å². The molecule has 0 bridgehead atoms. The van der Waals surface area contributed by atoms with Crippen LogP contribution in [0.2, 0.25) is 0 Å². The topological polar surface area (TPSA) is 102 Å². The van der Waals surface area contributed by atoms with Gasteiger partial charge in [-0.3, -0.25) is 14.6 Å². The monoisotopic (exact) mass is 409 g/mol. The van der Waals surface area contributed by atoms with Crippen LogP contribution in [0, 0.1) is 12.7 Å². The van der Waals surface area contributed by atoms with Gasteiger partial charge >= 0.3 is 0 Å². The Morgan fingerprint density at radius 1 is 1.20 bits per heavy atom. The fourth-order valence-electron chi connectivity index (χ4n) is 3.06. The maximum absolute atomic E-state index is 13.5. The molecule has 0 aliphatic heterocycles. The first-order valence-corrected chi connectivity index (χ1v) is 9.56. The minimum Gasteiger partial charge on any atom is -0.352 e. The van der Waals surface area contributed by atoms with Crippen LogP contribution in [0.3, 0.4) is 0 Å². The van der Waals surface area contributed by atoms with Crippen molar-refractivity contribution in [2.75, 3.05) is 5.43 Å². The van der Waals surface area contributed by atoms with Crippen molar-refractivity contribution in [2.45, 2.75) is 33.0 Å². The summed E-state index contributed by atoms with van der Waals surface area (Å²) >= 11 is 0. The molecule has 0 radical (unpaired) electrons. The van der Waals surface area contributed by atoms with Crippen LogP contribution in [-0.2, 0) is 30.8 Å². The van der Waals surface area contributed by atoms with E-state index in [-0.39, 0.29) is 31.0 Å². The second kappa shape index (κ2) is 9.80. The Kier molecular flexibility index (Phi) is 6.92. The summed E-state index contributed by atoms with van der Waals surface area (Å²) in [6, 6.07) is 9.78. The highest BCUT2D eigenvalue weighted by Gasteiger charge is 2.13. The largest absolute Gasteiger partial charge is 0.352 e. The van der Waals surface area contributed by atoms with Crippen molar-refractivity contribution in [1.82, 2.24) is 15.0 Å². The number of hydrogen-bond acceptors (Lipinski definition) is 5. The Morgan fingerprint density at radius 2 is 2.03 bits per heavy atom. The summed E-state index contributed by atoms with van der Waals surface area (Å²) in [5.41, 5.74) is 11.8. The van der Waals surface area contributed by atoms with E-state index in [1.54, 1.807) is 37.6 Å². The van der Waals surface area contributed by atoms with Crippen molar-refractivity contribution in [2.24, 2.45) is 5.73 Å². The van der Waals surface area contributed by atoms with Gasteiger partial charge in [0, 0.05) is 37.2 Å². The fraction of sp³-hybridized carbons (Fsp3) is 0.227. The van der Waals surface area contributed by atoms with Gasteiger partial charge in [0.15, 0.2) is 0 Å². The number of nitrogens with zero attached hydrogens (tertiary/aromatic N) is 2. The van der Waals surface area contributed by atoms with E-state index in [0.29, 0.717) is 17.7 Å². The molecule has 0 aliphatic carbocycles. The summed E-state index contributed by atoms with van der Waals surface area (Å²) in [5.74, 6) is -0.717. The number of pyridine rings is 2. The molecular formula is C22H24FN5O2. The van der Waals surface area contributed by atoms with Gasteiger partial charge in [-0.05, 0) is 53.4 Å². The standard InChI is InChI=1S/C22H24FN5O2/c1-15-6-8-28(27-13-16-3-2-7-25-12-16)22(30)20(15)10-21(29)26-14-18-9-19(23)5-4-17(18)11-24/h2-9,12,27H,10-11,13-14,24H2,1H3,(H,26,29). The number of rotatable bonds is 8. The molecule has 30 heavy (non-hydrogen) atoms. The molecule has 2 aromatic heterocycles. The van der Waals surface area contributed by atoms with E-state index in [2.05, 4.69) is 15.7 Å². The Hall–Kier alpha value is -3.52. The molecule has 2 heterocycles. The lowest BCUT2D eigenvalue weighted by Gasteiger charge is -2.13. The van der Waals surface area contributed by atoms with E-state index in [9.17, 15) is 14.0 Å². The lowest BCUT2D eigenvalue weighted by atomic mass is 10.1. The highest BCUT2D eigenvalue weighted by atomic mass is 19.1. The maximum atomic E-state index is 13.5. The third-order valence-corrected chi connectivity index (χ3v) is 4.80. The molecule has 156 valence electrons. The first kappa shape index (κ1) is 21.2. The molecule has 1 amide bonds. The van der Waals surface area contributed by atoms with Crippen LogP contribution in [0.4, 0.5) is 4.39 Å². The molecule has 1 aromatic carbocycles. The van der Waals surface area contributed by atoms with E-state index in [1.807, 2.05) is 12.1 Å². The zero-order valence-electron chi connectivity index (χ0n) is 16.7. The quantitative estimate of drug-likeness (QED) is 0.526. The van der Waals surface area contributed by atoms with Crippen molar-refractivity contribution in [3.63, 3.8) is 0 Å². The van der Waals surface area contributed by atoms with Gasteiger partial charge in [-0.2, -0.15) is 0 Å². The molecule has 0 atom stereocenters. The Morgan fingerprint density at radius 3 is 2.77 bits per heavy atom. The summed E-state index contributed by atoms with van der Waals surface area (Å²) in [6.07, 6.45) is 4.95. The molecule has 4 N–H and O–H groups in total. The average molecular weight is 409 g/mol. The average Bonchev–Trinajstić information content (AvgIpc) is 2.75. The van der Waals surface area contributed by atoms with Crippen molar-refractivity contribution in [3.8, 4) is 0 Å². The zero-order chi connectivity index (χ0) is 21.5. The van der Waals surface area contributed by atoms with Gasteiger partial charge < -0.3 is 16.5 Å². The van der Waals surface area contributed by atoms with Crippen molar-refractivity contribution >= 4 is 5.91 Å². The molecule has 0 saturated heterocycles. The molecule has 0 spiro atoms. The third kappa shape index (κ3) is 5.30. The van der Waals surface area contributed by atoms with Crippen molar-refractivity contribution in [3.05, 3.63) is 99.0 Å². The number of nitrogens with two attached hydrogens (primary N) is 1. The van der Waals surface area contributed by atoms with Crippen LogP contribution < -0.4 is 22.0 Å². The second-order valence-corrected chi connectivity index (χ2v) is 6.92. The minimum atomic E-state index is -0.391. The first-order valence-electron chi connectivity index (χ1n) is 9.56. The zero-order valence-corrected chi connectivity index (χ0v) is 16.7. The normalized spacial score (nSPS) is 10.6. The Bertz CT molecular complexity index is 1080. The van der Waals surface area contributed by atoms with Crippen LogP contribution in [0.1, 0.15) is 27.8 Å². The summed E-state index contributed by atoms with van der Waals surface area (Å²) in [5, 5.41) is 2.74. The van der Waals surface area contributed by atoms with Gasteiger partial charge in [0.1, 0.15) is 5.82 Å². The number of aromatic nitrogens is 2. The van der Waals surface area contributed by atoms with Crippen LogP contribution in [-0.4, -0.2) is 15.6 Å². The number of nitrogens with one attached hydrogen (secondary N) is 2. The van der Waals surface area contributed by atoms with Gasteiger partial charge in [0.2, 0.25) is 5.91 Å². The number of aryl methyl sites for hydroxylation is 1. The molecule has 7 nitrogen and oxygen atoms in total. The summed E-state index contributed by atoms with van der Waals surface area (Å²) in [4.78, 5) is 29.3. The molecular weight excluding hydrogens is 385 g/mol. The molecule has 0 saturated carbocycles. The number of halogens is 1.